The van der Waals surface area contributed by atoms with Gasteiger partial charge in [0.05, 0.1) is 11.4 Å². The number of imide groups is 1. The molecule has 0 spiro atoms. The van der Waals surface area contributed by atoms with E-state index in [9.17, 15) is 9.59 Å². The molecule has 0 bridgehead atoms. The van der Waals surface area contributed by atoms with Gasteiger partial charge in [0.15, 0.2) is 0 Å². The average Bonchev–Trinajstić information content (AvgIpc) is 3.29. The van der Waals surface area contributed by atoms with Crippen LogP contribution in [0.5, 0.6) is 0 Å². The lowest BCUT2D eigenvalue weighted by atomic mass is 10.1. The molecule has 0 atom stereocenters. The van der Waals surface area contributed by atoms with Crippen molar-refractivity contribution in [2.24, 2.45) is 0 Å². The molecule has 0 aliphatic carbocycles. The maximum absolute atomic E-state index is 13.0. The number of amides is 2. The number of aromatic nitrogens is 1. The van der Waals surface area contributed by atoms with Gasteiger partial charge in [0.1, 0.15) is 0 Å². The van der Waals surface area contributed by atoms with Crippen LogP contribution in [0.25, 0.3) is 17.0 Å². The topological polar surface area (TPSA) is 42.3 Å². The van der Waals surface area contributed by atoms with Crippen LogP contribution in [-0.2, 0) is 17.9 Å². The van der Waals surface area contributed by atoms with Gasteiger partial charge >= 0.3 is 0 Å². The van der Waals surface area contributed by atoms with Gasteiger partial charge in [-0.2, -0.15) is 0 Å². The molecule has 7 heteroatoms. The number of thioether (sulfide) groups is 1. The Balaban J connectivity index is 1.45. The quantitative estimate of drug-likeness (QED) is 0.250. The minimum absolute atomic E-state index is 0.227. The van der Waals surface area contributed by atoms with E-state index in [2.05, 4.69) is 38.7 Å². The van der Waals surface area contributed by atoms with Crippen molar-refractivity contribution in [2.75, 3.05) is 0 Å². The molecule has 0 unspecified atom stereocenters. The number of rotatable bonds is 5. The zero-order valence-corrected chi connectivity index (χ0v) is 20.5. The second-order valence-electron chi connectivity index (χ2n) is 7.75. The Morgan fingerprint density at radius 2 is 1.55 bits per heavy atom. The van der Waals surface area contributed by atoms with Gasteiger partial charge in [0, 0.05) is 38.7 Å². The number of hydrogen-bond acceptors (Lipinski definition) is 3. The number of halogens is 2. The summed E-state index contributed by atoms with van der Waals surface area (Å²) in [4.78, 5) is 27.3. The summed E-state index contributed by atoms with van der Waals surface area (Å²) >= 11 is 10.4. The van der Waals surface area contributed by atoms with Gasteiger partial charge in [0.25, 0.3) is 11.1 Å². The fraction of sp³-hybridized carbons (Fsp3) is 0.0769. The number of carbonyl (C=O) groups is 2. The molecule has 1 aromatic heterocycles. The molecule has 1 aliphatic heterocycles. The van der Waals surface area contributed by atoms with E-state index < -0.39 is 0 Å². The summed E-state index contributed by atoms with van der Waals surface area (Å²) in [5, 5.41) is 1.39. The standard InChI is InChI=1S/C26H18BrClN2O2S/c27-20-9-5-17(6-10-20)14-29-16-19(22-3-1-2-4-23(22)29)13-24-25(31)30(26(32)33-24)15-18-7-11-21(28)12-8-18/h1-13,16H,14-15H2/b24-13-. The molecule has 5 rings (SSSR count). The lowest BCUT2D eigenvalue weighted by molar-refractivity contribution is -0.123. The smallest absolute Gasteiger partial charge is 0.293 e. The summed E-state index contributed by atoms with van der Waals surface area (Å²) in [5.74, 6) is -0.273. The van der Waals surface area contributed by atoms with E-state index >= 15 is 0 Å². The molecule has 2 amide bonds. The molecule has 1 fully saturated rings. The van der Waals surface area contributed by atoms with Crippen molar-refractivity contribution >= 4 is 67.4 Å². The maximum atomic E-state index is 13.0. The Morgan fingerprint density at radius 3 is 2.30 bits per heavy atom. The maximum Gasteiger partial charge on any atom is 0.293 e. The highest BCUT2D eigenvalue weighted by Gasteiger charge is 2.35. The second kappa shape index (κ2) is 9.21. The van der Waals surface area contributed by atoms with Crippen LogP contribution >= 0.6 is 39.3 Å². The van der Waals surface area contributed by atoms with Crippen LogP contribution in [0.4, 0.5) is 4.79 Å². The summed E-state index contributed by atoms with van der Waals surface area (Å²) in [7, 11) is 0. The van der Waals surface area contributed by atoms with Gasteiger partial charge in [-0.1, -0.05) is 70.0 Å². The lowest BCUT2D eigenvalue weighted by Gasteiger charge is -2.12. The largest absolute Gasteiger partial charge is 0.342 e. The number of fused-ring (bicyclic) bond motifs is 1. The molecule has 164 valence electrons. The van der Waals surface area contributed by atoms with Crippen LogP contribution < -0.4 is 0 Å². The Morgan fingerprint density at radius 1 is 0.879 bits per heavy atom. The molecule has 1 saturated heterocycles. The van der Waals surface area contributed by atoms with Crippen molar-refractivity contribution in [2.45, 2.75) is 13.1 Å². The van der Waals surface area contributed by atoms with E-state index in [1.165, 1.54) is 10.5 Å². The van der Waals surface area contributed by atoms with Gasteiger partial charge in [-0.15, -0.1) is 0 Å². The first-order valence-corrected chi connectivity index (χ1v) is 12.3. The Hall–Kier alpha value is -2.80. The van der Waals surface area contributed by atoms with Crippen molar-refractivity contribution < 1.29 is 9.59 Å². The summed E-state index contributed by atoms with van der Waals surface area (Å²) in [6.07, 6.45) is 3.87. The van der Waals surface area contributed by atoms with E-state index in [0.29, 0.717) is 16.5 Å². The summed E-state index contributed by atoms with van der Waals surface area (Å²) in [6, 6.07) is 23.5. The van der Waals surface area contributed by atoms with E-state index in [-0.39, 0.29) is 17.7 Å². The molecule has 33 heavy (non-hydrogen) atoms. The third-order valence-corrected chi connectivity index (χ3v) is 7.19. The first-order valence-electron chi connectivity index (χ1n) is 10.3. The van der Waals surface area contributed by atoms with Crippen LogP contribution in [0, 0.1) is 0 Å². The molecular weight excluding hydrogens is 520 g/mol. The number of benzene rings is 3. The molecule has 1 aliphatic rings. The summed E-state index contributed by atoms with van der Waals surface area (Å²) in [5.41, 5.74) is 4.02. The van der Waals surface area contributed by atoms with Gasteiger partial charge in [-0.3, -0.25) is 14.5 Å². The normalized spacial score (nSPS) is 15.2. The Bertz CT molecular complexity index is 1390. The first-order chi connectivity index (χ1) is 16.0. The van der Waals surface area contributed by atoms with Crippen molar-refractivity contribution in [3.8, 4) is 0 Å². The number of hydrogen-bond donors (Lipinski definition) is 0. The monoisotopic (exact) mass is 536 g/mol. The van der Waals surface area contributed by atoms with Gasteiger partial charge in [-0.25, -0.2) is 0 Å². The Labute approximate surface area is 209 Å². The highest BCUT2D eigenvalue weighted by Crippen LogP contribution is 2.35. The predicted molar refractivity (Wildman–Crippen MR) is 138 cm³/mol. The molecule has 3 aromatic carbocycles. The van der Waals surface area contributed by atoms with Crippen LogP contribution in [0.2, 0.25) is 5.02 Å². The third kappa shape index (κ3) is 4.64. The number of para-hydroxylation sites is 1. The molecule has 0 N–H and O–H groups in total. The van der Waals surface area contributed by atoms with Crippen molar-refractivity contribution in [1.29, 1.82) is 0 Å². The van der Waals surface area contributed by atoms with Gasteiger partial charge < -0.3 is 4.57 Å². The summed E-state index contributed by atoms with van der Waals surface area (Å²) in [6.45, 7) is 0.935. The highest BCUT2D eigenvalue weighted by molar-refractivity contribution is 9.10. The second-order valence-corrected chi connectivity index (χ2v) is 10.1. The lowest BCUT2D eigenvalue weighted by Crippen LogP contribution is -2.27. The highest BCUT2D eigenvalue weighted by atomic mass is 79.9. The van der Waals surface area contributed by atoms with Gasteiger partial charge in [-0.05, 0) is 59.3 Å². The van der Waals surface area contributed by atoms with E-state index in [1.54, 1.807) is 12.1 Å². The van der Waals surface area contributed by atoms with E-state index in [4.69, 9.17) is 11.6 Å². The fourth-order valence-corrected chi connectivity index (χ4v) is 5.08. The molecule has 4 nitrogen and oxygen atoms in total. The molecule has 0 radical (unpaired) electrons. The SMILES string of the molecule is O=C1S/C(=C\c2cn(Cc3ccc(Br)cc3)c3ccccc23)C(=O)N1Cc1ccc(Cl)cc1. The first kappa shape index (κ1) is 22.0. The molecule has 4 aromatic rings. The molecule has 2 heterocycles. The van der Waals surface area contributed by atoms with Crippen LogP contribution in [0.3, 0.4) is 0 Å². The third-order valence-electron chi connectivity index (χ3n) is 5.50. The van der Waals surface area contributed by atoms with Crippen molar-refractivity contribution in [1.82, 2.24) is 9.47 Å². The van der Waals surface area contributed by atoms with Crippen molar-refractivity contribution in [3.05, 3.63) is 110 Å². The van der Waals surface area contributed by atoms with E-state index in [1.807, 2.05) is 54.7 Å². The van der Waals surface area contributed by atoms with Crippen LogP contribution in [0.1, 0.15) is 16.7 Å². The predicted octanol–water partition coefficient (Wildman–Crippen LogP) is 7.34. The van der Waals surface area contributed by atoms with Crippen LogP contribution in [0.15, 0.2) is 88.4 Å². The average molecular weight is 538 g/mol. The Kier molecular flexibility index (Phi) is 6.15. The van der Waals surface area contributed by atoms with Gasteiger partial charge in [0.2, 0.25) is 0 Å². The van der Waals surface area contributed by atoms with Crippen molar-refractivity contribution in [3.63, 3.8) is 0 Å². The number of nitrogens with zero attached hydrogens (tertiary/aromatic N) is 2. The minimum Gasteiger partial charge on any atom is -0.342 e. The zero-order valence-electron chi connectivity index (χ0n) is 17.4. The zero-order chi connectivity index (χ0) is 22.9. The van der Waals surface area contributed by atoms with E-state index in [0.717, 1.165) is 38.3 Å². The van der Waals surface area contributed by atoms with Crippen LogP contribution in [-0.4, -0.2) is 20.6 Å². The molecular formula is C26H18BrClN2O2S. The molecule has 0 saturated carbocycles. The minimum atomic E-state index is -0.273. The summed E-state index contributed by atoms with van der Waals surface area (Å²) < 4.78 is 3.21. The fourth-order valence-electron chi connectivity index (χ4n) is 3.86. The number of carbonyl (C=O) groups excluding carboxylic acids is 2.